The van der Waals surface area contributed by atoms with Crippen molar-refractivity contribution in [1.82, 2.24) is 9.88 Å². The SMILES string of the molecule is Cc1cc(S(=O)(=O)O)cnc1N=CN(C)C. The highest BCUT2D eigenvalue weighted by Crippen LogP contribution is 2.18. The first-order valence-corrected chi connectivity index (χ1v) is 5.89. The molecule has 1 heterocycles. The Morgan fingerprint density at radius 3 is 2.56 bits per heavy atom. The maximum atomic E-state index is 10.8. The van der Waals surface area contributed by atoms with Crippen LogP contribution < -0.4 is 0 Å². The van der Waals surface area contributed by atoms with E-state index in [1.807, 2.05) is 14.1 Å². The molecule has 1 rings (SSSR count). The normalized spacial score (nSPS) is 12.0. The third kappa shape index (κ3) is 3.28. The van der Waals surface area contributed by atoms with Crippen LogP contribution in [0.2, 0.25) is 0 Å². The van der Waals surface area contributed by atoms with Crippen molar-refractivity contribution in [3.63, 3.8) is 0 Å². The van der Waals surface area contributed by atoms with Gasteiger partial charge in [0.2, 0.25) is 0 Å². The molecule has 0 radical (unpaired) electrons. The lowest BCUT2D eigenvalue weighted by Gasteiger charge is -2.04. The van der Waals surface area contributed by atoms with Crippen molar-refractivity contribution in [2.75, 3.05) is 14.1 Å². The highest BCUT2D eigenvalue weighted by atomic mass is 32.2. The number of aryl methyl sites for hydroxylation is 1. The minimum absolute atomic E-state index is 0.228. The average Bonchev–Trinajstić information content (AvgIpc) is 2.14. The van der Waals surface area contributed by atoms with Gasteiger partial charge in [-0.25, -0.2) is 9.98 Å². The Kier molecular flexibility index (Phi) is 3.61. The van der Waals surface area contributed by atoms with Crippen LogP contribution in [0.5, 0.6) is 0 Å². The van der Waals surface area contributed by atoms with Gasteiger partial charge in [-0.3, -0.25) is 4.55 Å². The predicted molar refractivity (Wildman–Crippen MR) is 60.6 cm³/mol. The summed E-state index contributed by atoms with van der Waals surface area (Å²) in [6, 6.07) is 1.32. The Morgan fingerprint density at radius 2 is 2.12 bits per heavy atom. The van der Waals surface area contributed by atoms with Gasteiger partial charge in [0.25, 0.3) is 10.1 Å². The molecule has 1 aromatic rings. The molecule has 0 saturated carbocycles. The molecular formula is C9H13N3O3S. The van der Waals surface area contributed by atoms with Crippen LogP contribution in [-0.4, -0.2) is 43.3 Å². The van der Waals surface area contributed by atoms with Crippen molar-refractivity contribution in [3.05, 3.63) is 17.8 Å². The zero-order chi connectivity index (χ0) is 12.3. The molecule has 1 aromatic heterocycles. The van der Waals surface area contributed by atoms with Crippen molar-refractivity contribution >= 4 is 22.3 Å². The molecule has 0 unspecified atom stereocenters. The van der Waals surface area contributed by atoms with Crippen molar-refractivity contribution in [3.8, 4) is 0 Å². The summed E-state index contributed by atoms with van der Waals surface area (Å²) in [6.45, 7) is 1.67. The van der Waals surface area contributed by atoms with Gasteiger partial charge in [0.15, 0.2) is 5.82 Å². The van der Waals surface area contributed by atoms with Gasteiger partial charge in [0.05, 0.1) is 12.5 Å². The second-order valence-corrected chi connectivity index (χ2v) is 4.92. The quantitative estimate of drug-likeness (QED) is 0.483. The van der Waals surface area contributed by atoms with Gasteiger partial charge in [-0.05, 0) is 18.6 Å². The van der Waals surface area contributed by atoms with Crippen LogP contribution in [0.1, 0.15) is 5.56 Å². The molecule has 0 aromatic carbocycles. The van der Waals surface area contributed by atoms with Gasteiger partial charge >= 0.3 is 0 Å². The number of nitrogens with zero attached hydrogens (tertiary/aromatic N) is 3. The topological polar surface area (TPSA) is 82.9 Å². The number of rotatable bonds is 3. The molecule has 0 aliphatic rings. The largest absolute Gasteiger partial charge is 0.369 e. The predicted octanol–water partition coefficient (Wildman–Crippen LogP) is 0.858. The molecule has 0 spiro atoms. The molecule has 1 N–H and O–H groups in total. The van der Waals surface area contributed by atoms with Gasteiger partial charge in [0, 0.05) is 14.1 Å². The van der Waals surface area contributed by atoms with Crippen LogP contribution in [-0.2, 0) is 10.1 Å². The summed E-state index contributed by atoms with van der Waals surface area (Å²) in [5, 5.41) is 0. The molecule has 0 bridgehead atoms. The molecule has 0 atom stereocenters. The maximum Gasteiger partial charge on any atom is 0.296 e. The Balaban J connectivity index is 3.11. The first-order chi connectivity index (χ1) is 7.30. The van der Waals surface area contributed by atoms with Crippen LogP contribution in [0, 0.1) is 6.92 Å². The maximum absolute atomic E-state index is 10.8. The van der Waals surface area contributed by atoms with Crippen LogP contribution >= 0.6 is 0 Å². The fraction of sp³-hybridized carbons (Fsp3) is 0.333. The van der Waals surface area contributed by atoms with Crippen molar-refractivity contribution < 1.29 is 13.0 Å². The first-order valence-electron chi connectivity index (χ1n) is 4.45. The zero-order valence-corrected chi connectivity index (χ0v) is 10.1. The lowest BCUT2D eigenvalue weighted by molar-refractivity contribution is 0.482. The number of pyridine rings is 1. The molecule has 16 heavy (non-hydrogen) atoms. The second kappa shape index (κ2) is 4.58. The van der Waals surface area contributed by atoms with E-state index in [0.29, 0.717) is 11.4 Å². The van der Waals surface area contributed by atoms with Crippen molar-refractivity contribution in [2.24, 2.45) is 4.99 Å². The summed E-state index contributed by atoms with van der Waals surface area (Å²) < 4.78 is 30.5. The first kappa shape index (κ1) is 12.6. The Hall–Kier alpha value is -1.47. The standard InChI is InChI=1S/C9H13N3O3S/c1-7-4-8(16(13,14)15)5-10-9(7)11-6-12(2)3/h4-6H,1-3H3,(H,13,14,15). The fourth-order valence-electron chi connectivity index (χ4n) is 0.988. The highest BCUT2D eigenvalue weighted by Gasteiger charge is 2.11. The van der Waals surface area contributed by atoms with E-state index in [1.165, 1.54) is 6.07 Å². The van der Waals surface area contributed by atoms with E-state index in [-0.39, 0.29) is 4.90 Å². The number of hydrogen-bond acceptors (Lipinski definition) is 4. The van der Waals surface area contributed by atoms with Gasteiger partial charge in [-0.15, -0.1) is 0 Å². The summed E-state index contributed by atoms with van der Waals surface area (Å²) in [5.41, 5.74) is 0.577. The monoisotopic (exact) mass is 243 g/mol. The van der Waals surface area contributed by atoms with E-state index in [9.17, 15) is 8.42 Å². The third-order valence-corrected chi connectivity index (χ3v) is 2.55. The molecule has 0 fully saturated rings. The molecule has 0 saturated heterocycles. The van der Waals surface area contributed by atoms with Crippen molar-refractivity contribution in [1.29, 1.82) is 0 Å². The number of hydrogen-bond donors (Lipinski definition) is 1. The van der Waals surface area contributed by atoms with Crippen LogP contribution in [0.4, 0.5) is 5.82 Å². The molecule has 0 amide bonds. The summed E-state index contributed by atoms with van der Waals surface area (Å²) >= 11 is 0. The summed E-state index contributed by atoms with van der Waals surface area (Å²) in [6.07, 6.45) is 2.63. The number of aliphatic imine (C=N–C) groups is 1. The van der Waals surface area contributed by atoms with E-state index < -0.39 is 10.1 Å². The van der Waals surface area contributed by atoms with Gasteiger partial charge < -0.3 is 4.90 Å². The van der Waals surface area contributed by atoms with Gasteiger partial charge in [-0.2, -0.15) is 8.42 Å². The lowest BCUT2D eigenvalue weighted by atomic mass is 10.3. The number of aromatic nitrogens is 1. The van der Waals surface area contributed by atoms with E-state index in [4.69, 9.17) is 4.55 Å². The van der Waals surface area contributed by atoms with E-state index >= 15 is 0 Å². The summed E-state index contributed by atoms with van der Waals surface area (Å²) in [5.74, 6) is 0.418. The molecule has 0 aliphatic carbocycles. The highest BCUT2D eigenvalue weighted by molar-refractivity contribution is 7.85. The minimum atomic E-state index is -4.20. The zero-order valence-electron chi connectivity index (χ0n) is 9.25. The van der Waals surface area contributed by atoms with Gasteiger partial charge in [0.1, 0.15) is 4.90 Å². The molecule has 0 aliphatic heterocycles. The fourth-order valence-corrected chi connectivity index (χ4v) is 1.50. The van der Waals surface area contributed by atoms with Gasteiger partial charge in [-0.1, -0.05) is 0 Å². The molecule has 88 valence electrons. The smallest absolute Gasteiger partial charge is 0.296 e. The minimum Gasteiger partial charge on any atom is -0.369 e. The molecule has 6 nitrogen and oxygen atoms in total. The molecular weight excluding hydrogens is 230 g/mol. The third-order valence-electron chi connectivity index (χ3n) is 1.73. The van der Waals surface area contributed by atoms with E-state index in [1.54, 1.807) is 18.2 Å². The summed E-state index contributed by atoms with van der Waals surface area (Å²) in [4.78, 5) is 9.40. The second-order valence-electron chi connectivity index (χ2n) is 3.49. The Labute approximate surface area is 94.4 Å². The summed E-state index contributed by atoms with van der Waals surface area (Å²) in [7, 11) is -0.576. The average molecular weight is 243 g/mol. The van der Waals surface area contributed by atoms with Crippen molar-refractivity contribution in [2.45, 2.75) is 11.8 Å². The van der Waals surface area contributed by atoms with Crippen LogP contribution in [0.15, 0.2) is 22.2 Å². The van der Waals surface area contributed by atoms with E-state index in [2.05, 4.69) is 9.98 Å². The van der Waals surface area contributed by atoms with Crippen LogP contribution in [0.25, 0.3) is 0 Å². The Bertz CT molecular complexity index is 509. The van der Waals surface area contributed by atoms with Crippen LogP contribution in [0.3, 0.4) is 0 Å². The molecule has 7 heteroatoms. The van der Waals surface area contributed by atoms with E-state index in [0.717, 1.165) is 6.20 Å². The Morgan fingerprint density at radius 1 is 1.50 bits per heavy atom. The lowest BCUT2D eigenvalue weighted by Crippen LogP contribution is -2.07.